The summed E-state index contributed by atoms with van der Waals surface area (Å²) in [6.07, 6.45) is 8.09. The van der Waals surface area contributed by atoms with Crippen LogP contribution in [0.4, 0.5) is 5.82 Å². The van der Waals surface area contributed by atoms with Crippen LogP contribution >= 0.6 is 0 Å². The molecular formula is C21H25N3O2. The summed E-state index contributed by atoms with van der Waals surface area (Å²) in [7, 11) is 1.85. The molecule has 4 rings (SSSR count). The van der Waals surface area contributed by atoms with Crippen LogP contribution in [0.1, 0.15) is 64.8 Å². The third-order valence-corrected chi connectivity index (χ3v) is 5.58. The molecule has 0 spiro atoms. The van der Waals surface area contributed by atoms with Crippen molar-refractivity contribution < 1.29 is 9.59 Å². The molecule has 1 aromatic heterocycles. The topological polar surface area (TPSA) is 64.0 Å². The second-order valence-corrected chi connectivity index (χ2v) is 7.41. The third-order valence-electron chi connectivity index (χ3n) is 5.58. The normalized spacial score (nSPS) is 15.4. The number of fused-ring (bicyclic) bond motifs is 2. The zero-order valence-electron chi connectivity index (χ0n) is 15.3. The second-order valence-electron chi connectivity index (χ2n) is 7.41. The number of aryl methyl sites for hydroxylation is 4. The molecule has 0 fully saturated rings. The van der Waals surface area contributed by atoms with E-state index in [1.807, 2.05) is 19.2 Å². The number of hydrogen-bond donors (Lipinski definition) is 1. The van der Waals surface area contributed by atoms with Gasteiger partial charge in [-0.1, -0.05) is 12.1 Å². The van der Waals surface area contributed by atoms with Crippen molar-refractivity contribution in [3.8, 4) is 0 Å². The maximum Gasteiger partial charge on any atom is 0.225 e. The van der Waals surface area contributed by atoms with Crippen molar-refractivity contribution >= 4 is 17.5 Å². The summed E-state index contributed by atoms with van der Waals surface area (Å²) >= 11 is 0. The number of aromatic nitrogens is 2. The van der Waals surface area contributed by atoms with Gasteiger partial charge in [0.2, 0.25) is 5.91 Å². The molecule has 1 aromatic carbocycles. The fourth-order valence-corrected chi connectivity index (χ4v) is 4.15. The number of anilines is 1. The van der Waals surface area contributed by atoms with Crippen molar-refractivity contribution in [3.05, 3.63) is 46.1 Å². The minimum absolute atomic E-state index is 0.0451. The number of hydrogen-bond acceptors (Lipinski definition) is 3. The summed E-state index contributed by atoms with van der Waals surface area (Å²) in [6.45, 7) is 0. The van der Waals surface area contributed by atoms with Gasteiger partial charge in [-0.25, -0.2) is 0 Å². The van der Waals surface area contributed by atoms with E-state index in [9.17, 15) is 9.59 Å². The van der Waals surface area contributed by atoms with E-state index >= 15 is 0 Å². The molecule has 2 aliphatic rings. The first kappa shape index (κ1) is 17.0. The lowest BCUT2D eigenvalue weighted by Crippen LogP contribution is -2.17. The van der Waals surface area contributed by atoms with Crippen LogP contribution in [0.15, 0.2) is 18.2 Å². The average molecular weight is 351 g/mol. The Balaban J connectivity index is 1.36. The van der Waals surface area contributed by atoms with Crippen molar-refractivity contribution in [2.75, 3.05) is 5.32 Å². The van der Waals surface area contributed by atoms with Gasteiger partial charge in [0.25, 0.3) is 0 Å². The van der Waals surface area contributed by atoms with Crippen LogP contribution in [0.3, 0.4) is 0 Å². The van der Waals surface area contributed by atoms with Crippen molar-refractivity contribution in [2.24, 2.45) is 7.05 Å². The van der Waals surface area contributed by atoms with Gasteiger partial charge in [0, 0.05) is 31.0 Å². The zero-order valence-corrected chi connectivity index (χ0v) is 15.3. The Morgan fingerprint density at radius 3 is 2.69 bits per heavy atom. The Bertz CT molecular complexity index is 866. The second kappa shape index (κ2) is 7.06. The van der Waals surface area contributed by atoms with Crippen LogP contribution in [0.5, 0.6) is 0 Å². The van der Waals surface area contributed by atoms with Crippen molar-refractivity contribution in [1.82, 2.24) is 9.78 Å². The van der Waals surface area contributed by atoms with Gasteiger partial charge in [-0.2, -0.15) is 5.10 Å². The number of ketones is 1. The molecule has 0 radical (unpaired) electrons. The molecule has 5 heteroatoms. The van der Waals surface area contributed by atoms with Gasteiger partial charge >= 0.3 is 0 Å². The molecule has 0 saturated heterocycles. The Hall–Kier alpha value is -2.43. The molecule has 5 nitrogen and oxygen atoms in total. The smallest absolute Gasteiger partial charge is 0.225 e. The van der Waals surface area contributed by atoms with Gasteiger partial charge in [-0.15, -0.1) is 0 Å². The lowest BCUT2D eigenvalue weighted by Gasteiger charge is -2.16. The number of amides is 1. The van der Waals surface area contributed by atoms with Crippen LogP contribution in [0, 0.1) is 0 Å². The molecular weight excluding hydrogens is 326 g/mol. The maximum atomic E-state index is 12.5. The lowest BCUT2D eigenvalue weighted by atomic mass is 9.89. The summed E-state index contributed by atoms with van der Waals surface area (Å²) in [6, 6.07) is 6.03. The summed E-state index contributed by atoms with van der Waals surface area (Å²) in [4.78, 5) is 24.8. The number of Topliss-reactive ketones (excluding diaryl/α,β-unsaturated/α-hetero) is 1. The highest BCUT2D eigenvalue weighted by Crippen LogP contribution is 2.28. The standard InChI is InChI=1S/C21H25N3O2/c1-24-21(17-7-4-8-18(17)23-24)22-20(26)12-11-19(25)16-10-9-14-5-2-3-6-15(14)13-16/h9-10,13H,2-8,11-12H2,1H3,(H,22,26). The Morgan fingerprint density at radius 2 is 1.85 bits per heavy atom. The van der Waals surface area contributed by atoms with Gasteiger partial charge in [0.15, 0.2) is 5.78 Å². The third kappa shape index (κ3) is 3.30. The van der Waals surface area contributed by atoms with E-state index in [-0.39, 0.29) is 24.5 Å². The summed E-state index contributed by atoms with van der Waals surface area (Å²) in [5, 5.41) is 7.42. The molecule has 0 bridgehead atoms. The van der Waals surface area contributed by atoms with Gasteiger partial charge in [0.05, 0.1) is 5.69 Å². The van der Waals surface area contributed by atoms with E-state index in [4.69, 9.17) is 0 Å². The summed E-state index contributed by atoms with van der Waals surface area (Å²) in [5.41, 5.74) is 5.65. The maximum absolute atomic E-state index is 12.5. The molecule has 26 heavy (non-hydrogen) atoms. The minimum atomic E-state index is -0.117. The number of nitrogens with one attached hydrogen (secondary N) is 1. The number of benzene rings is 1. The van der Waals surface area contributed by atoms with Crippen LogP contribution in [0.2, 0.25) is 0 Å². The highest BCUT2D eigenvalue weighted by molar-refractivity contribution is 6.00. The van der Waals surface area contributed by atoms with Crippen LogP contribution in [0.25, 0.3) is 0 Å². The number of carbonyl (C=O) groups is 2. The fraction of sp³-hybridized carbons (Fsp3) is 0.476. The quantitative estimate of drug-likeness (QED) is 0.840. The van der Waals surface area contributed by atoms with E-state index in [0.29, 0.717) is 0 Å². The van der Waals surface area contributed by atoms with Gasteiger partial charge < -0.3 is 5.32 Å². The molecule has 2 aliphatic carbocycles. The minimum Gasteiger partial charge on any atom is -0.311 e. The molecule has 1 amide bonds. The van der Waals surface area contributed by atoms with Crippen molar-refractivity contribution in [1.29, 1.82) is 0 Å². The summed E-state index contributed by atoms with van der Waals surface area (Å²) < 4.78 is 1.74. The van der Waals surface area contributed by atoms with Gasteiger partial charge in [0.1, 0.15) is 5.82 Å². The molecule has 2 aromatic rings. The first-order valence-electron chi connectivity index (χ1n) is 9.61. The molecule has 0 aliphatic heterocycles. The Kier molecular flexibility index (Phi) is 4.62. The highest BCUT2D eigenvalue weighted by atomic mass is 16.2. The van der Waals surface area contributed by atoms with E-state index < -0.39 is 0 Å². The van der Waals surface area contributed by atoms with E-state index in [0.717, 1.165) is 54.7 Å². The lowest BCUT2D eigenvalue weighted by molar-refractivity contribution is -0.116. The van der Waals surface area contributed by atoms with Gasteiger partial charge in [-0.05, 0) is 62.1 Å². The number of carbonyl (C=O) groups excluding carboxylic acids is 2. The molecule has 1 N–H and O–H groups in total. The zero-order chi connectivity index (χ0) is 18.1. The fourth-order valence-electron chi connectivity index (χ4n) is 4.15. The molecule has 136 valence electrons. The van der Waals surface area contributed by atoms with E-state index in [1.54, 1.807) is 4.68 Å². The first-order valence-corrected chi connectivity index (χ1v) is 9.61. The predicted octanol–water partition coefficient (Wildman–Crippen LogP) is 3.39. The Morgan fingerprint density at radius 1 is 1.04 bits per heavy atom. The first-order chi connectivity index (χ1) is 12.6. The Labute approximate surface area is 153 Å². The van der Waals surface area contributed by atoms with Crippen LogP contribution in [-0.4, -0.2) is 21.5 Å². The monoisotopic (exact) mass is 351 g/mol. The van der Waals surface area contributed by atoms with E-state index in [2.05, 4.69) is 16.5 Å². The average Bonchev–Trinajstić information content (AvgIpc) is 3.21. The number of rotatable bonds is 5. The van der Waals surface area contributed by atoms with Crippen LogP contribution < -0.4 is 5.32 Å². The van der Waals surface area contributed by atoms with E-state index in [1.165, 1.54) is 24.0 Å². The van der Waals surface area contributed by atoms with Crippen molar-refractivity contribution in [2.45, 2.75) is 57.8 Å². The predicted molar refractivity (Wildman–Crippen MR) is 101 cm³/mol. The molecule has 0 saturated carbocycles. The largest absolute Gasteiger partial charge is 0.311 e. The SMILES string of the molecule is Cn1nc2c(c1NC(=O)CCC(=O)c1ccc3c(c1)CCCC3)CCC2. The van der Waals surface area contributed by atoms with Crippen LogP contribution in [-0.2, 0) is 37.5 Å². The molecule has 0 atom stereocenters. The highest BCUT2D eigenvalue weighted by Gasteiger charge is 2.22. The van der Waals surface area contributed by atoms with Gasteiger partial charge in [-0.3, -0.25) is 14.3 Å². The van der Waals surface area contributed by atoms with Crippen molar-refractivity contribution in [3.63, 3.8) is 0 Å². The molecule has 1 heterocycles. The number of nitrogens with zero attached hydrogens (tertiary/aromatic N) is 2. The molecule has 0 unspecified atom stereocenters. The summed E-state index contributed by atoms with van der Waals surface area (Å²) in [5.74, 6) is 0.724.